The number of ether oxygens (including phenoxy) is 7. The Morgan fingerprint density at radius 3 is 2.31 bits per heavy atom. The number of nitro groups is 1. The number of hydrogen-bond acceptors (Lipinski definition) is 19. The number of carbonyl (C=O) groups is 2. The lowest BCUT2D eigenvalue weighted by Crippen LogP contribution is -2.61. The average Bonchev–Trinajstić information content (AvgIpc) is 3.76. The summed E-state index contributed by atoms with van der Waals surface area (Å²) >= 11 is 0. The van der Waals surface area contributed by atoms with Crippen LogP contribution in [0.25, 0.3) is 0 Å². The van der Waals surface area contributed by atoms with Gasteiger partial charge in [-0.3, -0.25) is 19.7 Å². The number of aliphatic hydroxyl groups excluding tert-OH is 3. The molecule has 5 rings (SSSR count). The van der Waals surface area contributed by atoms with Crippen molar-refractivity contribution in [2.24, 2.45) is 23.7 Å². The van der Waals surface area contributed by atoms with E-state index in [4.69, 9.17) is 33.2 Å². The summed E-state index contributed by atoms with van der Waals surface area (Å²) in [7, 11) is 3.36. The molecule has 0 saturated carbocycles. The quantitative estimate of drug-likeness (QED) is 0.0916. The smallest absolute Gasteiger partial charge is 0.311 e. The molecule has 0 aliphatic carbocycles. The third-order valence-electron chi connectivity index (χ3n) is 14.9. The van der Waals surface area contributed by atoms with E-state index < -0.39 is 125 Å². The van der Waals surface area contributed by atoms with Crippen LogP contribution in [0.15, 0.2) is 30.5 Å². The lowest BCUT2D eigenvalue weighted by atomic mass is 9.74. The molecule has 5 N–H and O–H groups in total. The highest BCUT2D eigenvalue weighted by Crippen LogP contribution is 2.41. The minimum atomic E-state index is -2.04. The number of ketones is 1. The van der Waals surface area contributed by atoms with E-state index in [1.54, 1.807) is 64.6 Å². The average molecular weight is 994 g/mol. The summed E-state index contributed by atoms with van der Waals surface area (Å²) in [6.45, 7) is 17.2. The maximum atomic E-state index is 14.3. The molecular weight excluding hydrogens is 915 g/mol. The van der Waals surface area contributed by atoms with Gasteiger partial charge in [0.1, 0.15) is 36.3 Å². The molecule has 3 aliphatic heterocycles. The Balaban J connectivity index is 1.38. The molecule has 0 spiro atoms. The summed E-state index contributed by atoms with van der Waals surface area (Å²) in [4.78, 5) is 41.3. The highest BCUT2D eigenvalue weighted by Gasteiger charge is 2.53. The van der Waals surface area contributed by atoms with Crippen LogP contribution in [0.3, 0.4) is 0 Å². The van der Waals surface area contributed by atoms with Gasteiger partial charge in [-0.05, 0) is 93.3 Å². The molecule has 21 heteroatoms. The van der Waals surface area contributed by atoms with Crippen LogP contribution in [-0.2, 0) is 51.0 Å². The predicted molar refractivity (Wildman–Crippen MR) is 252 cm³/mol. The van der Waals surface area contributed by atoms with Gasteiger partial charge in [-0.15, -0.1) is 5.10 Å². The van der Waals surface area contributed by atoms with Crippen LogP contribution in [0.2, 0.25) is 0 Å². The molecule has 0 unspecified atom stereocenters. The molecule has 1 aromatic carbocycles. The number of benzene rings is 1. The van der Waals surface area contributed by atoms with E-state index in [2.05, 4.69) is 10.3 Å². The summed E-state index contributed by atoms with van der Waals surface area (Å²) in [6, 6.07) is 5.68. The summed E-state index contributed by atoms with van der Waals surface area (Å²) in [6.07, 6.45) is -7.71. The number of para-hydroxylation sites is 2. The van der Waals surface area contributed by atoms with Crippen molar-refractivity contribution in [3.63, 3.8) is 0 Å². The summed E-state index contributed by atoms with van der Waals surface area (Å²) in [5.74, 6) is -5.13. The predicted octanol–water partition coefficient (Wildman–Crippen LogP) is 3.37. The largest absolute Gasteiger partial charge is 0.485 e. The number of hydrogen-bond donors (Lipinski definition) is 5. The van der Waals surface area contributed by atoms with E-state index >= 15 is 0 Å². The number of aromatic nitrogens is 3. The van der Waals surface area contributed by atoms with Crippen molar-refractivity contribution in [3.8, 4) is 5.75 Å². The number of Topliss-reactive ketones (excluding diaryl/α,β-unsaturated/α-hetero) is 1. The maximum Gasteiger partial charge on any atom is 0.311 e. The van der Waals surface area contributed by atoms with E-state index in [1.807, 2.05) is 18.9 Å². The molecule has 3 fully saturated rings. The molecule has 1 aromatic heterocycles. The van der Waals surface area contributed by atoms with Crippen molar-refractivity contribution in [1.29, 1.82) is 0 Å². The molecule has 18 atom stereocenters. The Morgan fingerprint density at radius 1 is 0.971 bits per heavy atom. The van der Waals surface area contributed by atoms with Crippen LogP contribution >= 0.6 is 0 Å². The molecule has 21 nitrogen and oxygen atoms in total. The Bertz CT molecular complexity index is 2040. The van der Waals surface area contributed by atoms with Crippen molar-refractivity contribution in [2.45, 2.75) is 199 Å². The second-order valence-corrected chi connectivity index (χ2v) is 20.6. The number of likely N-dealkylation sites (N-methyl/N-ethyl adjacent to an activating group) is 1. The maximum absolute atomic E-state index is 14.3. The minimum Gasteiger partial charge on any atom is -0.485 e. The minimum absolute atomic E-state index is 0.0520. The number of methoxy groups -OCH3 is 1. The van der Waals surface area contributed by atoms with Gasteiger partial charge < -0.3 is 63.6 Å². The number of nitro benzene ring substituents is 1. The first kappa shape index (κ1) is 57.2. The highest BCUT2D eigenvalue weighted by molar-refractivity contribution is 5.83. The third kappa shape index (κ3) is 13.3. The van der Waals surface area contributed by atoms with Gasteiger partial charge in [0.15, 0.2) is 18.3 Å². The van der Waals surface area contributed by atoms with Gasteiger partial charge in [0.2, 0.25) is 0 Å². The second kappa shape index (κ2) is 23.9. The van der Waals surface area contributed by atoms with Gasteiger partial charge >= 0.3 is 11.7 Å². The van der Waals surface area contributed by atoms with Crippen molar-refractivity contribution in [3.05, 3.63) is 46.3 Å². The fraction of sp³-hybridized carbons (Fsp3) is 0.796. The van der Waals surface area contributed by atoms with Gasteiger partial charge in [-0.1, -0.05) is 45.0 Å². The van der Waals surface area contributed by atoms with Crippen LogP contribution < -0.4 is 4.74 Å². The van der Waals surface area contributed by atoms with Gasteiger partial charge in [0.25, 0.3) is 0 Å². The first-order valence-corrected chi connectivity index (χ1v) is 24.6. The monoisotopic (exact) mass is 994 g/mol. The molecule has 0 radical (unpaired) electrons. The Hall–Kier alpha value is -3.74. The lowest BCUT2D eigenvalue weighted by Gasteiger charge is -2.49. The van der Waals surface area contributed by atoms with E-state index in [9.17, 15) is 45.2 Å². The first-order chi connectivity index (χ1) is 32.8. The first-order valence-electron chi connectivity index (χ1n) is 24.6. The van der Waals surface area contributed by atoms with Crippen LogP contribution in [-0.4, -0.2) is 174 Å². The molecule has 3 saturated heterocycles. The highest BCUT2D eigenvalue weighted by atomic mass is 16.7. The number of rotatable bonds is 16. The van der Waals surface area contributed by atoms with E-state index in [-0.39, 0.29) is 37.3 Å². The zero-order valence-corrected chi connectivity index (χ0v) is 42.9. The third-order valence-corrected chi connectivity index (χ3v) is 14.9. The topological polar surface area (TPSA) is 277 Å². The van der Waals surface area contributed by atoms with Gasteiger partial charge in [-0.25, -0.2) is 4.68 Å². The fourth-order valence-corrected chi connectivity index (χ4v) is 10.6. The van der Waals surface area contributed by atoms with Gasteiger partial charge in [0.05, 0.1) is 64.8 Å². The van der Waals surface area contributed by atoms with Crippen LogP contribution in [0, 0.1) is 33.8 Å². The van der Waals surface area contributed by atoms with E-state index in [0.717, 1.165) is 5.69 Å². The SMILES string of the molecule is CC[C@H]1OC(=O)[C@H](C)[C@@H](O[C@H]2C[C@@](C)(OC)[C@@H](O)[C@H](C)O2)[C@H](C)[C@@H](O[C@@H]2O[C@H](C)C[C@H](N(C)CCCc3cn(CCOc4ccccc4[N+](=O)[O-])nn3)[C@H]2O)[C@](C)(O)C[C@@H](C)C(=O)[C@H](C)[C@@H](O)[C@]1(C)O. The summed E-state index contributed by atoms with van der Waals surface area (Å²) < 4.78 is 45.0. The van der Waals surface area contributed by atoms with Crippen LogP contribution in [0.5, 0.6) is 5.75 Å². The standard InChI is InChI=1S/C49H79N5O16/c1-13-37-49(10,61)42(57)29(4)39(55)27(2)24-47(8,60)44(30(5)41(31(6)45(59)68-37)69-38-25-48(9,64-12)43(58)32(7)67-38)70-46-40(56)35(23-28(3)66-46)52(11)20-16-17-33-26-53(51-50-33)21-22-65-36-19-15-14-18-34(36)54(62)63/h14-15,18-19,26-32,35,37-38,40-44,46,56-58,60-61H,13,16-17,20-25H2,1-12H3/t27-,28-,29+,30+,31-,32+,35+,37-,38+,40-,41+,42-,43+,44-,46+,47-,48-,49-/m1/s1. The van der Waals surface area contributed by atoms with Crippen molar-refractivity contribution >= 4 is 17.4 Å². The number of aliphatic hydroxyl groups is 5. The van der Waals surface area contributed by atoms with E-state index in [1.165, 1.54) is 40.0 Å². The van der Waals surface area contributed by atoms with Gasteiger partial charge in [-0.2, -0.15) is 0 Å². The molecule has 0 amide bonds. The number of cyclic esters (lactones) is 1. The van der Waals surface area contributed by atoms with Crippen molar-refractivity contribution in [1.82, 2.24) is 19.9 Å². The zero-order chi connectivity index (χ0) is 52.0. The molecule has 4 heterocycles. The number of aryl methyl sites for hydroxylation is 1. The van der Waals surface area contributed by atoms with Crippen LogP contribution in [0.1, 0.15) is 107 Å². The molecular formula is C49H79N5O16. The van der Waals surface area contributed by atoms with Crippen molar-refractivity contribution in [2.75, 3.05) is 27.3 Å². The second-order valence-electron chi connectivity index (χ2n) is 20.6. The van der Waals surface area contributed by atoms with Crippen LogP contribution in [0.4, 0.5) is 5.69 Å². The lowest BCUT2D eigenvalue weighted by molar-refractivity contribution is -0.385. The summed E-state index contributed by atoms with van der Waals surface area (Å²) in [5.41, 5.74) is -4.42. The number of esters is 1. The van der Waals surface area contributed by atoms with Crippen molar-refractivity contribution < 1.29 is 73.2 Å². The molecule has 396 valence electrons. The Morgan fingerprint density at radius 2 is 1.66 bits per heavy atom. The summed E-state index contributed by atoms with van der Waals surface area (Å²) in [5, 5.41) is 78.9. The molecule has 2 aromatic rings. The molecule has 70 heavy (non-hydrogen) atoms. The molecule has 3 aliphatic rings. The number of carbonyl (C=O) groups excluding carboxylic acids is 2. The Kier molecular flexibility index (Phi) is 19.5. The Labute approximate surface area is 411 Å². The van der Waals surface area contributed by atoms with E-state index in [0.29, 0.717) is 32.4 Å². The molecule has 0 bridgehead atoms. The normalized spacial score (nSPS) is 39.3. The van der Waals surface area contributed by atoms with Gasteiger partial charge in [0, 0.05) is 49.6 Å². The number of nitrogens with zero attached hydrogens (tertiary/aromatic N) is 5. The zero-order valence-electron chi connectivity index (χ0n) is 42.9. The fourth-order valence-electron chi connectivity index (χ4n) is 10.6.